The number of halogens is 2. The van der Waals surface area contributed by atoms with E-state index in [-0.39, 0.29) is 0 Å². The second-order valence-corrected chi connectivity index (χ2v) is 5.59. The van der Waals surface area contributed by atoms with Gasteiger partial charge in [0.2, 0.25) is 0 Å². The van der Waals surface area contributed by atoms with Gasteiger partial charge in [-0.2, -0.15) is 0 Å². The molecule has 1 saturated heterocycles. The normalized spacial score (nSPS) is 22.4. The Bertz CT molecular complexity index is 386. The maximum absolute atomic E-state index is 5.92. The molecule has 1 aliphatic heterocycles. The van der Waals surface area contributed by atoms with E-state index in [2.05, 4.69) is 37.4 Å². The van der Waals surface area contributed by atoms with E-state index < -0.39 is 0 Å². The third kappa shape index (κ3) is 3.41. The SMILES string of the molecule is CNN1CCC[C@H](c2cnc(Cl)c(Br)c2)CC1. The Balaban J connectivity index is 2.08. The molecule has 0 aromatic carbocycles. The van der Waals surface area contributed by atoms with Gasteiger partial charge in [-0.3, -0.25) is 5.43 Å². The maximum atomic E-state index is 5.92. The first kappa shape index (κ1) is 13.3. The predicted molar refractivity (Wildman–Crippen MR) is 74.2 cm³/mol. The summed E-state index contributed by atoms with van der Waals surface area (Å²) in [4.78, 5) is 4.21. The lowest BCUT2D eigenvalue weighted by molar-refractivity contribution is 0.216. The molecule has 94 valence electrons. The van der Waals surface area contributed by atoms with E-state index in [0.717, 1.165) is 24.0 Å². The molecule has 2 heterocycles. The van der Waals surface area contributed by atoms with E-state index in [1.807, 2.05) is 13.2 Å². The first-order valence-corrected chi connectivity index (χ1v) is 7.11. The number of rotatable bonds is 2. The number of nitrogens with zero attached hydrogens (tertiary/aromatic N) is 2. The zero-order valence-corrected chi connectivity index (χ0v) is 12.3. The third-order valence-electron chi connectivity index (χ3n) is 3.33. The topological polar surface area (TPSA) is 28.2 Å². The van der Waals surface area contributed by atoms with Crippen LogP contribution >= 0.6 is 27.5 Å². The molecule has 0 amide bonds. The lowest BCUT2D eigenvalue weighted by Crippen LogP contribution is -2.35. The van der Waals surface area contributed by atoms with E-state index in [4.69, 9.17) is 11.6 Å². The van der Waals surface area contributed by atoms with Crippen LogP contribution in [0.3, 0.4) is 0 Å². The molecule has 1 aliphatic rings. The fourth-order valence-electron chi connectivity index (χ4n) is 2.31. The lowest BCUT2D eigenvalue weighted by Gasteiger charge is -2.18. The molecule has 2 rings (SSSR count). The number of hydrogen-bond acceptors (Lipinski definition) is 3. The second kappa shape index (κ2) is 6.14. The highest BCUT2D eigenvalue weighted by atomic mass is 79.9. The van der Waals surface area contributed by atoms with Gasteiger partial charge in [0.15, 0.2) is 0 Å². The quantitative estimate of drug-likeness (QED) is 0.849. The van der Waals surface area contributed by atoms with E-state index in [9.17, 15) is 0 Å². The molecule has 0 unspecified atom stereocenters. The number of aromatic nitrogens is 1. The molecule has 17 heavy (non-hydrogen) atoms. The predicted octanol–water partition coefficient (Wildman–Crippen LogP) is 3.20. The minimum atomic E-state index is 0.541. The average molecular weight is 319 g/mol. The van der Waals surface area contributed by atoms with Gasteiger partial charge >= 0.3 is 0 Å². The van der Waals surface area contributed by atoms with Crippen molar-refractivity contribution in [1.29, 1.82) is 0 Å². The second-order valence-electron chi connectivity index (χ2n) is 4.38. The minimum Gasteiger partial charge on any atom is -0.258 e. The average Bonchev–Trinajstić information content (AvgIpc) is 2.58. The molecule has 1 fully saturated rings. The van der Waals surface area contributed by atoms with E-state index >= 15 is 0 Å². The summed E-state index contributed by atoms with van der Waals surface area (Å²) in [5, 5.41) is 2.82. The fourth-order valence-corrected chi connectivity index (χ4v) is 2.78. The molecular formula is C12H17BrClN3. The van der Waals surface area contributed by atoms with Crippen molar-refractivity contribution in [2.45, 2.75) is 25.2 Å². The smallest absolute Gasteiger partial charge is 0.143 e. The third-order valence-corrected chi connectivity index (χ3v) is 4.47. The van der Waals surface area contributed by atoms with Crippen LogP contribution in [0.4, 0.5) is 0 Å². The van der Waals surface area contributed by atoms with Gasteiger partial charge in [-0.25, -0.2) is 9.99 Å². The van der Waals surface area contributed by atoms with Gasteiger partial charge in [-0.15, -0.1) is 0 Å². The van der Waals surface area contributed by atoms with Gasteiger partial charge < -0.3 is 0 Å². The molecule has 0 radical (unpaired) electrons. The van der Waals surface area contributed by atoms with E-state index in [0.29, 0.717) is 11.1 Å². The molecule has 3 nitrogen and oxygen atoms in total. The highest BCUT2D eigenvalue weighted by Crippen LogP contribution is 2.30. The molecule has 0 saturated carbocycles. The van der Waals surface area contributed by atoms with Crippen molar-refractivity contribution in [3.63, 3.8) is 0 Å². The molecule has 5 heteroatoms. The minimum absolute atomic E-state index is 0.541. The lowest BCUT2D eigenvalue weighted by atomic mass is 9.93. The summed E-state index contributed by atoms with van der Waals surface area (Å²) < 4.78 is 0.895. The summed E-state index contributed by atoms with van der Waals surface area (Å²) in [6.45, 7) is 2.20. The summed E-state index contributed by atoms with van der Waals surface area (Å²) in [5.74, 6) is 0.592. The first-order chi connectivity index (χ1) is 8.20. The van der Waals surface area contributed by atoms with E-state index in [1.54, 1.807) is 0 Å². The zero-order valence-electron chi connectivity index (χ0n) is 9.92. The van der Waals surface area contributed by atoms with Crippen LogP contribution in [0, 0.1) is 0 Å². The van der Waals surface area contributed by atoms with Gasteiger partial charge in [0.25, 0.3) is 0 Å². The first-order valence-electron chi connectivity index (χ1n) is 5.94. The summed E-state index contributed by atoms with van der Waals surface area (Å²) in [7, 11) is 1.99. The molecular weight excluding hydrogens is 302 g/mol. The highest BCUT2D eigenvalue weighted by Gasteiger charge is 2.18. The molecule has 1 N–H and O–H groups in total. The molecule has 0 bridgehead atoms. The fraction of sp³-hybridized carbons (Fsp3) is 0.583. The van der Waals surface area contributed by atoms with E-state index in [1.165, 1.54) is 18.4 Å². The van der Waals surface area contributed by atoms with Crippen molar-refractivity contribution in [1.82, 2.24) is 15.4 Å². The number of nitrogens with one attached hydrogen (secondary N) is 1. The van der Waals surface area contributed by atoms with Crippen LogP contribution in [0.2, 0.25) is 5.15 Å². The summed E-state index contributed by atoms with van der Waals surface area (Å²) in [6, 6.07) is 2.11. The largest absolute Gasteiger partial charge is 0.258 e. The molecule has 0 aliphatic carbocycles. The van der Waals surface area contributed by atoms with Crippen LogP contribution in [0.1, 0.15) is 30.7 Å². The number of hydrazine groups is 1. The Kier molecular flexibility index (Phi) is 4.79. The summed E-state index contributed by atoms with van der Waals surface area (Å²) in [5.41, 5.74) is 4.51. The Morgan fingerprint density at radius 3 is 3.00 bits per heavy atom. The number of hydrogen-bond donors (Lipinski definition) is 1. The number of pyridine rings is 1. The zero-order chi connectivity index (χ0) is 12.3. The van der Waals surface area contributed by atoms with Crippen LogP contribution in [0.5, 0.6) is 0 Å². The molecule has 0 spiro atoms. The standard InChI is InChI=1S/C12H17BrClN3/c1-15-17-5-2-3-9(4-6-17)10-7-11(13)12(14)16-8-10/h7-9,15H,2-6H2,1H3/t9-/m0/s1. The molecule has 1 aromatic heterocycles. The Hall–Kier alpha value is -0.160. The van der Waals surface area contributed by atoms with Crippen molar-refractivity contribution >= 4 is 27.5 Å². The summed E-state index contributed by atoms with van der Waals surface area (Å²) >= 11 is 9.36. The monoisotopic (exact) mass is 317 g/mol. The van der Waals surface area contributed by atoms with Gasteiger partial charge in [0.1, 0.15) is 5.15 Å². The van der Waals surface area contributed by atoms with Crippen molar-refractivity contribution in [3.05, 3.63) is 27.5 Å². The van der Waals surface area contributed by atoms with Gasteiger partial charge in [0, 0.05) is 19.3 Å². The van der Waals surface area contributed by atoms with Crippen LogP contribution in [0.25, 0.3) is 0 Å². The van der Waals surface area contributed by atoms with Gasteiger partial charge in [-0.1, -0.05) is 11.6 Å². The van der Waals surface area contributed by atoms with Crippen LogP contribution in [-0.2, 0) is 0 Å². The highest BCUT2D eigenvalue weighted by molar-refractivity contribution is 9.10. The van der Waals surface area contributed by atoms with Crippen molar-refractivity contribution < 1.29 is 0 Å². The van der Waals surface area contributed by atoms with Crippen LogP contribution < -0.4 is 5.43 Å². The van der Waals surface area contributed by atoms with Crippen molar-refractivity contribution in [3.8, 4) is 0 Å². The Labute approximate surface area is 116 Å². The van der Waals surface area contributed by atoms with Gasteiger partial charge in [0.05, 0.1) is 4.47 Å². The Morgan fingerprint density at radius 2 is 2.29 bits per heavy atom. The van der Waals surface area contributed by atoms with Gasteiger partial charge in [-0.05, 0) is 59.8 Å². The van der Waals surface area contributed by atoms with Crippen molar-refractivity contribution in [2.75, 3.05) is 20.1 Å². The molecule has 1 aromatic rings. The maximum Gasteiger partial charge on any atom is 0.143 e. The van der Waals surface area contributed by atoms with Crippen molar-refractivity contribution in [2.24, 2.45) is 0 Å². The van der Waals surface area contributed by atoms with Crippen LogP contribution in [-0.4, -0.2) is 30.1 Å². The van der Waals surface area contributed by atoms with Crippen LogP contribution in [0.15, 0.2) is 16.7 Å². The summed E-state index contributed by atoms with van der Waals surface area (Å²) in [6.07, 6.45) is 5.50. The molecule has 1 atom stereocenters. The Morgan fingerprint density at radius 1 is 1.47 bits per heavy atom.